The number of nitrogens with zero attached hydrogens (tertiary/aromatic N) is 2. The third kappa shape index (κ3) is 2.48. The van der Waals surface area contributed by atoms with Crippen molar-refractivity contribution in [2.24, 2.45) is 7.05 Å². The Morgan fingerprint density at radius 2 is 2.13 bits per heavy atom. The summed E-state index contributed by atoms with van der Waals surface area (Å²) in [5, 5.41) is 7.69. The molecule has 0 saturated carbocycles. The second-order valence-corrected chi connectivity index (χ2v) is 4.16. The van der Waals surface area contributed by atoms with Gasteiger partial charge in [0.25, 0.3) is 0 Å². The third-order valence-corrected chi connectivity index (χ3v) is 3.01. The maximum Gasteiger partial charge on any atom is 0.0629 e. The van der Waals surface area contributed by atoms with Crippen molar-refractivity contribution in [2.45, 2.75) is 33.2 Å². The van der Waals surface area contributed by atoms with Crippen LogP contribution in [0.3, 0.4) is 0 Å². The first-order valence-electron chi connectivity index (χ1n) is 5.29. The molecule has 0 amide bonds. The number of rotatable bonds is 4. The van der Waals surface area contributed by atoms with Gasteiger partial charge in [-0.15, -0.1) is 0 Å². The molecule has 3 heteroatoms. The molecule has 1 aromatic heterocycles. The van der Waals surface area contributed by atoms with Gasteiger partial charge in [0.2, 0.25) is 0 Å². The number of hydrogen-bond acceptors (Lipinski definition) is 2. The zero-order chi connectivity index (χ0) is 11.6. The molecule has 1 heterocycles. The van der Waals surface area contributed by atoms with Gasteiger partial charge in [0.15, 0.2) is 0 Å². The van der Waals surface area contributed by atoms with Crippen molar-refractivity contribution in [3.8, 4) is 0 Å². The minimum absolute atomic E-state index is 0.339. The Bertz CT molecular complexity index is 363. The molecule has 0 saturated heterocycles. The largest absolute Gasteiger partial charge is 0.313 e. The van der Waals surface area contributed by atoms with E-state index < -0.39 is 0 Å². The lowest BCUT2D eigenvalue weighted by molar-refractivity contribution is 0.629. The van der Waals surface area contributed by atoms with Crippen molar-refractivity contribution >= 4 is 0 Å². The van der Waals surface area contributed by atoms with E-state index in [0.717, 1.165) is 12.1 Å². The molecule has 0 bridgehead atoms. The van der Waals surface area contributed by atoms with Gasteiger partial charge in [-0.1, -0.05) is 12.2 Å². The van der Waals surface area contributed by atoms with Crippen LogP contribution in [0.25, 0.3) is 0 Å². The van der Waals surface area contributed by atoms with Crippen molar-refractivity contribution in [1.82, 2.24) is 15.1 Å². The van der Waals surface area contributed by atoms with Gasteiger partial charge in [-0.2, -0.15) is 5.10 Å². The fourth-order valence-corrected chi connectivity index (χ4v) is 1.84. The molecule has 1 unspecified atom stereocenters. The van der Waals surface area contributed by atoms with Crippen molar-refractivity contribution in [3.63, 3.8) is 0 Å². The molecule has 0 fully saturated rings. The molecule has 0 spiro atoms. The highest BCUT2D eigenvalue weighted by molar-refractivity contribution is 5.27. The third-order valence-electron chi connectivity index (χ3n) is 3.01. The second-order valence-electron chi connectivity index (χ2n) is 4.16. The van der Waals surface area contributed by atoms with Crippen LogP contribution in [0.2, 0.25) is 0 Å². The van der Waals surface area contributed by atoms with Crippen LogP contribution in [-0.2, 0) is 13.5 Å². The molecule has 0 aromatic carbocycles. The Hall–Kier alpha value is -1.09. The number of likely N-dealkylation sites (N-methyl/N-ethyl adjacent to an activating group) is 1. The van der Waals surface area contributed by atoms with E-state index in [1.54, 1.807) is 0 Å². The van der Waals surface area contributed by atoms with Crippen LogP contribution >= 0.6 is 0 Å². The van der Waals surface area contributed by atoms with E-state index in [1.165, 1.54) is 16.8 Å². The molecule has 1 rings (SSSR count). The summed E-state index contributed by atoms with van der Waals surface area (Å²) in [6, 6.07) is 0.339. The lowest BCUT2D eigenvalue weighted by Gasteiger charge is -2.16. The Morgan fingerprint density at radius 1 is 1.53 bits per heavy atom. The summed E-state index contributed by atoms with van der Waals surface area (Å²) in [4.78, 5) is 0. The maximum atomic E-state index is 4.42. The normalized spacial score (nSPS) is 12.9. The molecule has 1 atom stereocenters. The van der Waals surface area contributed by atoms with E-state index in [1.807, 2.05) is 18.8 Å². The van der Waals surface area contributed by atoms with Crippen LogP contribution in [0.15, 0.2) is 12.2 Å². The summed E-state index contributed by atoms with van der Waals surface area (Å²) >= 11 is 0. The van der Waals surface area contributed by atoms with E-state index in [4.69, 9.17) is 0 Å². The monoisotopic (exact) mass is 207 g/mol. The minimum atomic E-state index is 0.339. The average molecular weight is 207 g/mol. The van der Waals surface area contributed by atoms with E-state index in [-0.39, 0.29) is 0 Å². The maximum absolute atomic E-state index is 4.42. The number of aryl methyl sites for hydroxylation is 2. The van der Waals surface area contributed by atoms with Gasteiger partial charge >= 0.3 is 0 Å². The van der Waals surface area contributed by atoms with Crippen LogP contribution in [-0.4, -0.2) is 22.9 Å². The van der Waals surface area contributed by atoms with Gasteiger partial charge in [-0.3, -0.25) is 4.68 Å². The first-order valence-corrected chi connectivity index (χ1v) is 5.29. The Balaban J connectivity index is 2.92. The van der Waals surface area contributed by atoms with E-state index >= 15 is 0 Å². The highest BCUT2D eigenvalue weighted by Crippen LogP contribution is 2.16. The smallest absolute Gasteiger partial charge is 0.0629 e. The highest BCUT2D eigenvalue weighted by Gasteiger charge is 2.14. The standard InChI is InChI=1S/C12H21N3/c1-8(2)12(13-5)7-11-9(3)14-15(6)10(11)4/h12-13H,1,7H2,2-6H3. The van der Waals surface area contributed by atoms with Crippen molar-refractivity contribution < 1.29 is 0 Å². The Labute approximate surface area is 92.2 Å². The van der Waals surface area contributed by atoms with Gasteiger partial charge in [0, 0.05) is 18.8 Å². The van der Waals surface area contributed by atoms with Gasteiger partial charge in [-0.05, 0) is 39.8 Å². The van der Waals surface area contributed by atoms with Crippen LogP contribution in [0.4, 0.5) is 0 Å². The Kier molecular flexibility index (Phi) is 3.69. The highest BCUT2D eigenvalue weighted by atomic mass is 15.3. The van der Waals surface area contributed by atoms with Crippen LogP contribution < -0.4 is 5.32 Å². The van der Waals surface area contributed by atoms with E-state index in [2.05, 4.69) is 37.8 Å². The van der Waals surface area contributed by atoms with Gasteiger partial charge in [-0.25, -0.2) is 0 Å². The topological polar surface area (TPSA) is 29.9 Å². The first kappa shape index (κ1) is 12.0. The summed E-state index contributed by atoms with van der Waals surface area (Å²) < 4.78 is 1.94. The lowest BCUT2D eigenvalue weighted by Crippen LogP contribution is -2.28. The van der Waals surface area contributed by atoms with E-state index in [9.17, 15) is 0 Å². The molecular formula is C12H21N3. The molecule has 0 aliphatic heterocycles. The lowest BCUT2D eigenvalue weighted by atomic mass is 10.00. The average Bonchev–Trinajstić information content (AvgIpc) is 2.39. The first-order chi connectivity index (χ1) is 6.97. The number of hydrogen-bond donors (Lipinski definition) is 1. The SMILES string of the molecule is C=C(C)C(Cc1c(C)nn(C)c1C)NC. The van der Waals surface area contributed by atoms with Crippen molar-refractivity contribution in [2.75, 3.05) is 7.05 Å². The molecule has 84 valence electrons. The summed E-state index contributed by atoms with van der Waals surface area (Å²) in [7, 11) is 3.96. The van der Waals surface area contributed by atoms with Crippen LogP contribution in [0.5, 0.6) is 0 Å². The van der Waals surface area contributed by atoms with Crippen molar-refractivity contribution in [3.05, 3.63) is 29.1 Å². The van der Waals surface area contributed by atoms with Gasteiger partial charge in [0.05, 0.1) is 5.69 Å². The fraction of sp³-hybridized carbons (Fsp3) is 0.583. The summed E-state index contributed by atoms with van der Waals surface area (Å²) in [6.45, 7) is 10.2. The molecule has 0 radical (unpaired) electrons. The quantitative estimate of drug-likeness (QED) is 0.762. The molecule has 15 heavy (non-hydrogen) atoms. The fourth-order valence-electron chi connectivity index (χ4n) is 1.84. The summed E-state index contributed by atoms with van der Waals surface area (Å²) in [5.74, 6) is 0. The van der Waals surface area contributed by atoms with Crippen molar-refractivity contribution in [1.29, 1.82) is 0 Å². The van der Waals surface area contributed by atoms with Gasteiger partial charge in [0.1, 0.15) is 0 Å². The van der Waals surface area contributed by atoms with Crippen LogP contribution in [0.1, 0.15) is 23.9 Å². The van der Waals surface area contributed by atoms with Crippen LogP contribution in [0, 0.1) is 13.8 Å². The Morgan fingerprint density at radius 3 is 2.47 bits per heavy atom. The number of nitrogens with one attached hydrogen (secondary N) is 1. The van der Waals surface area contributed by atoms with Gasteiger partial charge < -0.3 is 5.32 Å². The minimum Gasteiger partial charge on any atom is -0.313 e. The molecule has 1 aromatic rings. The molecule has 1 N–H and O–H groups in total. The zero-order valence-electron chi connectivity index (χ0n) is 10.4. The second kappa shape index (κ2) is 4.62. The molecular weight excluding hydrogens is 186 g/mol. The molecule has 0 aliphatic carbocycles. The predicted molar refractivity (Wildman–Crippen MR) is 64.0 cm³/mol. The summed E-state index contributed by atoms with van der Waals surface area (Å²) in [5.41, 5.74) is 4.87. The molecule has 0 aliphatic rings. The zero-order valence-corrected chi connectivity index (χ0v) is 10.4. The van der Waals surface area contributed by atoms with E-state index in [0.29, 0.717) is 6.04 Å². The predicted octanol–water partition coefficient (Wildman–Crippen LogP) is 1.74. The summed E-state index contributed by atoms with van der Waals surface area (Å²) in [6.07, 6.45) is 0.970. The number of aromatic nitrogens is 2. The molecule has 3 nitrogen and oxygen atoms in total.